The summed E-state index contributed by atoms with van der Waals surface area (Å²) in [6.45, 7) is 2.00. The standard InChI is InChI=1S/C9H8BrN3O3/c1-5-7(8(9(14)15)12-16-5)4-13-3-6(10)2-11-13/h2-3H,4H2,1H3,(H,14,15). The van der Waals surface area contributed by atoms with Gasteiger partial charge in [0.15, 0.2) is 5.69 Å². The van der Waals surface area contributed by atoms with Crippen LogP contribution in [0.1, 0.15) is 21.8 Å². The molecule has 2 heterocycles. The van der Waals surface area contributed by atoms with Gasteiger partial charge in [-0.2, -0.15) is 5.10 Å². The third kappa shape index (κ3) is 1.99. The molecule has 0 saturated carbocycles. The van der Waals surface area contributed by atoms with Crippen molar-refractivity contribution < 1.29 is 14.4 Å². The molecule has 0 atom stereocenters. The van der Waals surface area contributed by atoms with Crippen LogP contribution in [0.4, 0.5) is 0 Å². The first-order valence-electron chi connectivity index (χ1n) is 4.44. The molecule has 0 aliphatic heterocycles. The summed E-state index contributed by atoms with van der Waals surface area (Å²) < 4.78 is 7.29. The second-order valence-electron chi connectivity index (χ2n) is 3.23. The van der Waals surface area contributed by atoms with Crippen LogP contribution in [0, 0.1) is 6.92 Å². The zero-order valence-corrected chi connectivity index (χ0v) is 9.93. The molecule has 2 aromatic rings. The predicted molar refractivity (Wildman–Crippen MR) is 57.2 cm³/mol. The van der Waals surface area contributed by atoms with E-state index in [1.807, 2.05) is 0 Å². The lowest BCUT2D eigenvalue weighted by molar-refractivity contribution is 0.0684. The summed E-state index contributed by atoms with van der Waals surface area (Å²) >= 11 is 3.26. The number of hydrogen-bond acceptors (Lipinski definition) is 4. The van der Waals surface area contributed by atoms with Crippen LogP contribution in [-0.2, 0) is 6.54 Å². The summed E-state index contributed by atoms with van der Waals surface area (Å²) in [6, 6.07) is 0. The molecule has 0 unspecified atom stereocenters. The largest absolute Gasteiger partial charge is 0.476 e. The van der Waals surface area contributed by atoms with E-state index in [0.717, 1.165) is 4.47 Å². The molecule has 0 bridgehead atoms. The summed E-state index contributed by atoms with van der Waals surface area (Å²) in [4.78, 5) is 10.9. The molecular formula is C9H8BrN3O3. The number of hydrogen-bond donors (Lipinski definition) is 1. The van der Waals surface area contributed by atoms with E-state index in [0.29, 0.717) is 17.9 Å². The third-order valence-electron chi connectivity index (χ3n) is 2.11. The lowest BCUT2D eigenvalue weighted by Gasteiger charge is -1.99. The van der Waals surface area contributed by atoms with Gasteiger partial charge >= 0.3 is 5.97 Å². The van der Waals surface area contributed by atoms with E-state index in [4.69, 9.17) is 9.63 Å². The molecule has 2 rings (SSSR count). The van der Waals surface area contributed by atoms with Crippen molar-refractivity contribution in [3.05, 3.63) is 33.9 Å². The summed E-state index contributed by atoms with van der Waals surface area (Å²) in [6.07, 6.45) is 3.38. The summed E-state index contributed by atoms with van der Waals surface area (Å²) in [5.74, 6) is -0.609. The van der Waals surface area contributed by atoms with Crippen LogP contribution in [0.5, 0.6) is 0 Å². The van der Waals surface area contributed by atoms with Crippen molar-refractivity contribution in [3.63, 3.8) is 0 Å². The molecule has 0 saturated heterocycles. The summed E-state index contributed by atoms with van der Waals surface area (Å²) in [5, 5.41) is 16.4. The molecule has 16 heavy (non-hydrogen) atoms. The normalized spacial score (nSPS) is 10.6. The van der Waals surface area contributed by atoms with Crippen molar-refractivity contribution in [1.82, 2.24) is 14.9 Å². The van der Waals surface area contributed by atoms with Gasteiger partial charge in [0.1, 0.15) is 5.76 Å². The highest BCUT2D eigenvalue weighted by molar-refractivity contribution is 9.10. The molecule has 0 aliphatic carbocycles. The van der Waals surface area contributed by atoms with E-state index >= 15 is 0 Å². The highest BCUT2D eigenvalue weighted by atomic mass is 79.9. The van der Waals surface area contributed by atoms with Crippen LogP contribution in [0.3, 0.4) is 0 Å². The van der Waals surface area contributed by atoms with E-state index in [-0.39, 0.29) is 5.69 Å². The molecule has 0 aromatic carbocycles. The number of halogens is 1. The van der Waals surface area contributed by atoms with Crippen LogP contribution >= 0.6 is 15.9 Å². The van der Waals surface area contributed by atoms with Crippen molar-refractivity contribution in [2.75, 3.05) is 0 Å². The molecule has 0 spiro atoms. The first kappa shape index (κ1) is 10.9. The molecule has 0 aliphatic rings. The number of aromatic nitrogens is 3. The summed E-state index contributed by atoms with van der Waals surface area (Å²) in [5.41, 5.74) is 0.465. The fourth-order valence-electron chi connectivity index (χ4n) is 1.33. The molecule has 0 fully saturated rings. The number of carbonyl (C=O) groups is 1. The van der Waals surface area contributed by atoms with Crippen LogP contribution in [0.2, 0.25) is 0 Å². The Labute approximate surface area is 99.0 Å². The lowest BCUT2D eigenvalue weighted by atomic mass is 10.2. The van der Waals surface area contributed by atoms with E-state index < -0.39 is 5.97 Å². The Morgan fingerprint density at radius 1 is 1.69 bits per heavy atom. The van der Waals surface area contributed by atoms with E-state index in [2.05, 4.69) is 26.2 Å². The minimum atomic E-state index is -1.10. The van der Waals surface area contributed by atoms with Crippen LogP contribution < -0.4 is 0 Å². The van der Waals surface area contributed by atoms with Crippen LogP contribution in [0.15, 0.2) is 21.4 Å². The van der Waals surface area contributed by atoms with Gasteiger partial charge < -0.3 is 9.63 Å². The average Bonchev–Trinajstić information content (AvgIpc) is 2.76. The number of rotatable bonds is 3. The predicted octanol–water partition coefficient (Wildman–Crippen LogP) is 1.69. The Morgan fingerprint density at radius 2 is 2.44 bits per heavy atom. The number of aromatic carboxylic acids is 1. The van der Waals surface area contributed by atoms with Crippen molar-refractivity contribution in [2.24, 2.45) is 0 Å². The number of carboxylic acids is 1. The molecule has 0 radical (unpaired) electrons. The fraction of sp³-hybridized carbons (Fsp3) is 0.222. The van der Waals surface area contributed by atoms with Gasteiger partial charge in [0.2, 0.25) is 0 Å². The zero-order chi connectivity index (χ0) is 11.7. The average molecular weight is 286 g/mol. The zero-order valence-electron chi connectivity index (χ0n) is 8.35. The molecule has 7 heteroatoms. The molecule has 2 aromatic heterocycles. The van der Waals surface area contributed by atoms with Gasteiger partial charge in [-0.25, -0.2) is 4.79 Å². The van der Waals surface area contributed by atoms with E-state index in [1.165, 1.54) is 0 Å². The van der Waals surface area contributed by atoms with Crippen molar-refractivity contribution in [1.29, 1.82) is 0 Å². The fourth-order valence-corrected chi connectivity index (χ4v) is 1.66. The summed E-state index contributed by atoms with van der Waals surface area (Å²) in [7, 11) is 0. The van der Waals surface area contributed by atoms with E-state index in [9.17, 15) is 4.79 Å². The quantitative estimate of drug-likeness (QED) is 0.928. The molecule has 6 nitrogen and oxygen atoms in total. The van der Waals surface area contributed by atoms with Crippen molar-refractivity contribution >= 4 is 21.9 Å². The van der Waals surface area contributed by atoms with Crippen molar-refractivity contribution in [2.45, 2.75) is 13.5 Å². The minimum Gasteiger partial charge on any atom is -0.476 e. The molecule has 1 N–H and O–H groups in total. The maximum absolute atomic E-state index is 10.9. The maximum Gasteiger partial charge on any atom is 0.358 e. The molecular weight excluding hydrogens is 278 g/mol. The van der Waals surface area contributed by atoms with Gasteiger partial charge in [-0.3, -0.25) is 4.68 Å². The van der Waals surface area contributed by atoms with Crippen LogP contribution in [-0.4, -0.2) is 26.0 Å². The lowest BCUT2D eigenvalue weighted by Crippen LogP contribution is -2.07. The Morgan fingerprint density at radius 3 is 3.00 bits per heavy atom. The Hall–Kier alpha value is -1.63. The van der Waals surface area contributed by atoms with Crippen LogP contribution in [0.25, 0.3) is 0 Å². The number of nitrogens with zero attached hydrogens (tertiary/aromatic N) is 3. The van der Waals surface area contributed by atoms with Gasteiger partial charge in [0.05, 0.1) is 22.8 Å². The Balaban J connectivity index is 2.33. The smallest absolute Gasteiger partial charge is 0.358 e. The second-order valence-corrected chi connectivity index (χ2v) is 4.14. The van der Waals surface area contributed by atoms with E-state index in [1.54, 1.807) is 24.0 Å². The minimum absolute atomic E-state index is 0.0656. The molecule has 84 valence electrons. The Bertz CT molecular complexity index is 532. The second kappa shape index (κ2) is 4.09. The first-order valence-corrected chi connectivity index (χ1v) is 5.23. The van der Waals surface area contributed by atoms with Gasteiger partial charge in [-0.15, -0.1) is 0 Å². The molecule has 0 amide bonds. The monoisotopic (exact) mass is 285 g/mol. The van der Waals surface area contributed by atoms with Crippen molar-refractivity contribution in [3.8, 4) is 0 Å². The number of carboxylic acid groups (broad SMARTS) is 1. The highest BCUT2D eigenvalue weighted by Crippen LogP contribution is 2.16. The van der Waals surface area contributed by atoms with Gasteiger partial charge in [0, 0.05) is 6.20 Å². The topological polar surface area (TPSA) is 81.1 Å². The highest BCUT2D eigenvalue weighted by Gasteiger charge is 2.19. The van der Waals surface area contributed by atoms with Gasteiger partial charge in [-0.05, 0) is 22.9 Å². The third-order valence-corrected chi connectivity index (χ3v) is 2.52. The van der Waals surface area contributed by atoms with Gasteiger partial charge in [-0.1, -0.05) is 5.16 Å². The SMILES string of the molecule is Cc1onc(C(=O)O)c1Cn1cc(Br)cn1. The first-order chi connectivity index (χ1) is 7.58. The van der Waals surface area contributed by atoms with Gasteiger partial charge in [0.25, 0.3) is 0 Å². The Kier molecular flexibility index (Phi) is 2.78. The number of aryl methyl sites for hydroxylation is 1. The maximum atomic E-state index is 10.9.